The second kappa shape index (κ2) is 6.17. The minimum absolute atomic E-state index is 0.0257. The second-order valence-electron chi connectivity index (χ2n) is 5.22. The van der Waals surface area contributed by atoms with Gasteiger partial charge in [0.25, 0.3) is 5.91 Å². The average Bonchev–Trinajstić information content (AvgIpc) is 2.39. The summed E-state index contributed by atoms with van der Waals surface area (Å²) in [6.07, 6.45) is 0.762. The largest absolute Gasteiger partial charge is 0.369 e. The summed E-state index contributed by atoms with van der Waals surface area (Å²) in [5.41, 5.74) is 7.85. The van der Waals surface area contributed by atoms with Crippen molar-refractivity contribution in [2.45, 2.75) is 32.2 Å². The molecule has 0 aromatic heterocycles. The molecule has 0 saturated carbocycles. The van der Waals surface area contributed by atoms with Crippen molar-refractivity contribution >= 4 is 11.6 Å². The van der Waals surface area contributed by atoms with E-state index in [0.29, 0.717) is 19.1 Å². The van der Waals surface area contributed by atoms with Crippen molar-refractivity contribution in [2.75, 3.05) is 24.7 Å². The molecule has 1 unspecified atom stereocenters. The van der Waals surface area contributed by atoms with Crippen molar-refractivity contribution in [1.82, 2.24) is 0 Å². The Morgan fingerprint density at radius 3 is 2.84 bits per heavy atom. The minimum Gasteiger partial charge on any atom is -0.369 e. The fraction of sp³-hybridized carbons (Fsp3) is 0.533. The Kier molecular flexibility index (Phi) is 4.56. The van der Waals surface area contributed by atoms with Gasteiger partial charge in [0.15, 0.2) is 0 Å². The van der Waals surface area contributed by atoms with E-state index in [4.69, 9.17) is 10.5 Å². The summed E-state index contributed by atoms with van der Waals surface area (Å²) in [5, 5.41) is 0. The van der Waals surface area contributed by atoms with Crippen LogP contribution in [0.25, 0.3) is 0 Å². The third-order valence-electron chi connectivity index (χ3n) is 3.49. The minimum atomic E-state index is 0.0257. The lowest BCUT2D eigenvalue weighted by atomic mass is 9.98. The fourth-order valence-electron chi connectivity index (χ4n) is 2.56. The van der Waals surface area contributed by atoms with Gasteiger partial charge in [0.2, 0.25) is 0 Å². The van der Waals surface area contributed by atoms with Gasteiger partial charge in [-0.1, -0.05) is 32.0 Å². The van der Waals surface area contributed by atoms with Gasteiger partial charge in [0, 0.05) is 5.69 Å². The zero-order chi connectivity index (χ0) is 13.8. The quantitative estimate of drug-likeness (QED) is 0.901. The maximum absolute atomic E-state index is 12.2. The number of rotatable bonds is 4. The predicted octanol–water partition coefficient (Wildman–Crippen LogP) is 1.89. The van der Waals surface area contributed by atoms with Gasteiger partial charge in [-0.2, -0.15) is 0 Å². The molecule has 4 heteroatoms. The SMILES string of the molecule is CC(C)c1ccccc1N1C(=O)COCC1CCN. The Balaban J connectivity index is 2.38. The Bertz CT molecular complexity index is 444. The molecule has 1 aromatic rings. The number of para-hydroxylation sites is 1. The Morgan fingerprint density at radius 1 is 1.42 bits per heavy atom. The molecule has 19 heavy (non-hydrogen) atoms. The first-order valence-corrected chi connectivity index (χ1v) is 6.84. The number of hydrogen-bond donors (Lipinski definition) is 1. The molecule has 1 amide bonds. The molecule has 2 N–H and O–H groups in total. The molecule has 0 spiro atoms. The molecule has 1 fully saturated rings. The monoisotopic (exact) mass is 262 g/mol. The topological polar surface area (TPSA) is 55.6 Å². The van der Waals surface area contributed by atoms with Crippen molar-refractivity contribution in [3.05, 3.63) is 29.8 Å². The Hall–Kier alpha value is -1.39. The van der Waals surface area contributed by atoms with Crippen LogP contribution in [0.2, 0.25) is 0 Å². The van der Waals surface area contributed by atoms with E-state index in [9.17, 15) is 4.79 Å². The number of ether oxygens (including phenoxy) is 1. The van der Waals surface area contributed by atoms with Crippen LogP contribution in [-0.4, -0.2) is 31.7 Å². The van der Waals surface area contributed by atoms with Crippen LogP contribution in [0, 0.1) is 0 Å². The lowest BCUT2D eigenvalue weighted by Crippen LogP contribution is -2.50. The molecule has 0 bridgehead atoms. The third-order valence-corrected chi connectivity index (χ3v) is 3.49. The highest BCUT2D eigenvalue weighted by molar-refractivity contribution is 5.96. The van der Waals surface area contributed by atoms with Gasteiger partial charge in [0.1, 0.15) is 6.61 Å². The smallest absolute Gasteiger partial charge is 0.253 e. The van der Waals surface area contributed by atoms with E-state index in [-0.39, 0.29) is 18.6 Å². The number of benzene rings is 1. The van der Waals surface area contributed by atoms with E-state index in [1.54, 1.807) is 0 Å². The van der Waals surface area contributed by atoms with E-state index in [2.05, 4.69) is 19.9 Å². The van der Waals surface area contributed by atoms with Crippen LogP contribution in [-0.2, 0) is 9.53 Å². The molecule has 1 aliphatic heterocycles. The number of anilines is 1. The van der Waals surface area contributed by atoms with Gasteiger partial charge < -0.3 is 15.4 Å². The van der Waals surface area contributed by atoms with Gasteiger partial charge >= 0.3 is 0 Å². The number of carbonyl (C=O) groups is 1. The number of nitrogens with two attached hydrogens (primary N) is 1. The van der Waals surface area contributed by atoms with Gasteiger partial charge in [-0.15, -0.1) is 0 Å². The first kappa shape index (κ1) is 14.0. The zero-order valence-corrected chi connectivity index (χ0v) is 11.6. The standard InChI is InChI=1S/C15H22N2O2/c1-11(2)13-5-3-4-6-14(13)17-12(7-8-16)9-19-10-15(17)18/h3-6,11-12H,7-10,16H2,1-2H3. The molecule has 1 saturated heterocycles. The lowest BCUT2D eigenvalue weighted by Gasteiger charge is -2.37. The molecule has 1 atom stereocenters. The summed E-state index contributed by atoms with van der Waals surface area (Å²) in [5.74, 6) is 0.406. The third kappa shape index (κ3) is 2.96. The summed E-state index contributed by atoms with van der Waals surface area (Å²) >= 11 is 0. The van der Waals surface area contributed by atoms with E-state index >= 15 is 0 Å². The van der Waals surface area contributed by atoms with Crippen LogP contribution in [0.1, 0.15) is 31.7 Å². The van der Waals surface area contributed by atoms with Crippen molar-refractivity contribution < 1.29 is 9.53 Å². The second-order valence-corrected chi connectivity index (χ2v) is 5.22. The molecule has 1 heterocycles. The van der Waals surface area contributed by atoms with Gasteiger partial charge in [-0.25, -0.2) is 0 Å². The van der Waals surface area contributed by atoms with E-state index < -0.39 is 0 Å². The van der Waals surface area contributed by atoms with Crippen LogP contribution in [0.4, 0.5) is 5.69 Å². The molecule has 1 aliphatic rings. The summed E-state index contributed by atoms with van der Waals surface area (Å²) in [4.78, 5) is 14.1. The van der Waals surface area contributed by atoms with Crippen LogP contribution in [0.3, 0.4) is 0 Å². The summed E-state index contributed by atoms with van der Waals surface area (Å²) < 4.78 is 5.35. The van der Waals surface area contributed by atoms with E-state index in [1.165, 1.54) is 5.56 Å². The zero-order valence-electron chi connectivity index (χ0n) is 11.6. The van der Waals surface area contributed by atoms with Gasteiger partial charge in [-0.3, -0.25) is 4.79 Å². The predicted molar refractivity (Wildman–Crippen MR) is 76.3 cm³/mol. The van der Waals surface area contributed by atoms with Crippen molar-refractivity contribution in [3.63, 3.8) is 0 Å². The first-order valence-electron chi connectivity index (χ1n) is 6.84. The van der Waals surface area contributed by atoms with Crippen molar-refractivity contribution in [3.8, 4) is 0 Å². The molecule has 0 radical (unpaired) electrons. The number of hydrogen-bond acceptors (Lipinski definition) is 3. The molecule has 2 rings (SSSR count). The molecule has 104 valence electrons. The van der Waals surface area contributed by atoms with Crippen LogP contribution in [0.5, 0.6) is 0 Å². The normalized spacial score (nSPS) is 20.1. The molecular weight excluding hydrogens is 240 g/mol. The van der Waals surface area contributed by atoms with Gasteiger partial charge in [-0.05, 0) is 30.5 Å². The number of carbonyl (C=O) groups excluding carboxylic acids is 1. The van der Waals surface area contributed by atoms with Crippen LogP contribution < -0.4 is 10.6 Å². The van der Waals surface area contributed by atoms with Crippen LogP contribution in [0.15, 0.2) is 24.3 Å². The summed E-state index contributed by atoms with van der Waals surface area (Å²) in [6, 6.07) is 8.14. The van der Waals surface area contributed by atoms with Crippen molar-refractivity contribution in [2.24, 2.45) is 5.73 Å². The summed E-state index contributed by atoms with van der Waals surface area (Å²) in [7, 11) is 0. The maximum atomic E-state index is 12.2. The molecule has 4 nitrogen and oxygen atoms in total. The molecule has 1 aromatic carbocycles. The molecule has 0 aliphatic carbocycles. The highest BCUT2D eigenvalue weighted by Crippen LogP contribution is 2.30. The molecular formula is C15H22N2O2. The van der Waals surface area contributed by atoms with E-state index in [1.807, 2.05) is 23.1 Å². The average molecular weight is 262 g/mol. The summed E-state index contributed by atoms with van der Waals surface area (Å²) in [6.45, 7) is 5.56. The van der Waals surface area contributed by atoms with Gasteiger partial charge in [0.05, 0.1) is 12.6 Å². The highest BCUT2D eigenvalue weighted by Gasteiger charge is 2.31. The number of morpholine rings is 1. The number of amides is 1. The van der Waals surface area contributed by atoms with E-state index in [0.717, 1.165) is 12.1 Å². The highest BCUT2D eigenvalue weighted by atomic mass is 16.5. The van der Waals surface area contributed by atoms with Crippen LogP contribution >= 0.6 is 0 Å². The van der Waals surface area contributed by atoms with Crippen molar-refractivity contribution in [1.29, 1.82) is 0 Å². The maximum Gasteiger partial charge on any atom is 0.253 e. The Morgan fingerprint density at radius 2 is 2.16 bits per heavy atom. The first-order chi connectivity index (χ1) is 9.15. The number of nitrogens with zero attached hydrogens (tertiary/aromatic N) is 1. The fourth-order valence-corrected chi connectivity index (χ4v) is 2.56. The Labute approximate surface area is 114 Å². The lowest BCUT2D eigenvalue weighted by molar-refractivity contribution is -0.127.